The van der Waals surface area contributed by atoms with Gasteiger partial charge in [0.2, 0.25) is 0 Å². The van der Waals surface area contributed by atoms with Gasteiger partial charge in [0.25, 0.3) is 0 Å². The molecular weight excluding hydrogens is 246 g/mol. The number of hydrogen-bond donors (Lipinski definition) is 1. The summed E-state index contributed by atoms with van der Waals surface area (Å²) in [7, 11) is 2.14. The smallest absolute Gasteiger partial charge is 0.0916 e. The van der Waals surface area contributed by atoms with E-state index in [2.05, 4.69) is 57.0 Å². The van der Waals surface area contributed by atoms with Crippen molar-refractivity contribution in [1.82, 2.24) is 4.90 Å². The fourth-order valence-electron chi connectivity index (χ4n) is 3.08. The molecule has 1 saturated carbocycles. The summed E-state index contributed by atoms with van der Waals surface area (Å²) in [6, 6.07) is 9.11. The highest BCUT2D eigenvalue weighted by Crippen LogP contribution is 2.26. The van der Waals surface area contributed by atoms with Gasteiger partial charge in [0.05, 0.1) is 6.10 Å². The van der Waals surface area contributed by atoms with E-state index < -0.39 is 0 Å². The minimum absolute atomic E-state index is 0.171. The average molecular weight is 275 g/mol. The van der Waals surface area contributed by atoms with E-state index >= 15 is 0 Å². The Morgan fingerprint density at radius 1 is 1.15 bits per heavy atom. The molecule has 0 saturated heterocycles. The molecular formula is C18H29NO. The lowest BCUT2D eigenvalue weighted by molar-refractivity contribution is 0.105. The first-order valence-electron chi connectivity index (χ1n) is 7.86. The molecule has 1 unspecified atom stereocenters. The van der Waals surface area contributed by atoms with Crippen LogP contribution in [0.5, 0.6) is 0 Å². The van der Waals surface area contributed by atoms with Crippen molar-refractivity contribution in [1.29, 1.82) is 0 Å². The number of likely N-dealkylation sites (N-methyl/N-ethyl adjacent to an activating group) is 1. The molecule has 112 valence electrons. The highest BCUT2D eigenvalue weighted by Gasteiger charge is 2.22. The van der Waals surface area contributed by atoms with Gasteiger partial charge in [0, 0.05) is 12.6 Å². The lowest BCUT2D eigenvalue weighted by atomic mass is 9.86. The van der Waals surface area contributed by atoms with Gasteiger partial charge in [-0.1, -0.05) is 57.9 Å². The molecule has 1 aliphatic carbocycles. The van der Waals surface area contributed by atoms with E-state index in [1.54, 1.807) is 0 Å². The summed E-state index contributed by atoms with van der Waals surface area (Å²) in [4.78, 5) is 2.33. The van der Waals surface area contributed by atoms with Crippen molar-refractivity contribution in [3.8, 4) is 0 Å². The van der Waals surface area contributed by atoms with E-state index in [1.165, 1.54) is 31.2 Å². The van der Waals surface area contributed by atoms with Gasteiger partial charge in [0.15, 0.2) is 0 Å². The molecule has 2 heteroatoms. The van der Waals surface area contributed by atoms with Crippen LogP contribution in [-0.4, -0.2) is 29.6 Å². The summed E-state index contributed by atoms with van der Waals surface area (Å²) in [6.45, 7) is 7.38. The zero-order chi connectivity index (χ0) is 14.8. The molecule has 0 aromatic heterocycles. The van der Waals surface area contributed by atoms with Gasteiger partial charge < -0.3 is 10.0 Å². The molecule has 2 rings (SSSR count). The summed E-state index contributed by atoms with van der Waals surface area (Å²) in [5.74, 6) is 0. The maximum absolute atomic E-state index is 10.4. The average Bonchev–Trinajstić information content (AvgIpc) is 2.91. The number of nitrogens with zero attached hydrogens (tertiary/aromatic N) is 1. The minimum atomic E-state index is -0.380. The maximum atomic E-state index is 10.4. The molecule has 1 fully saturated rings. The van der Waals surface area contributed by atoms with Crippen molar-refractivity contribution in [2.45, 2.75) is 64.0 Å². The van der Waals surface area contributed by atoms with Crippen molar-refractivity contribution < 1.29 is 5.11 Å². The minimum Gasteiger partial charge on any atom is -0.387 e. The Kier molecular flexibility index (Phi) is 4.87. The van der Waals surface area contributed by atoms with Crippen LogP contribution in [-0.2, 0) is 5.41 Å². The Balaban J connectivity index is 1.96. The molecule has 0 heterocycles. The molecule has 1 aliphatic rings. The molecule has 0 spiro atoms. The Morgan fingerprint density at radius 2 is 1.70 bits per heavy atom. The van der Waals surface area contributed by atoms with Crippen LogP contribution in [0.1, 0.15) is 63.7 Å². The van der Waals surface area contributed by atoms with Crippen LogP contribution >= 0.6 is 0 Å². The molecule has 1 aromatic carbocycles. The normalized spacial score (nSPS) is 18.7. The Bertz CT molecular complexity index is 412. The number of benzene rings is 1. The summed E-state index contributed by atoms with van der Waals surface area (Å²) >= 11 is 0. The number of aliphatic hydroxyl groups excluding tert-OH is 1. The second-order valence-corrected chi connectivity index (χ2v) is 7.27. The molecule has 2 nitrogen and oxygen atoms in total. The predicted molar refractivity (Wildman–Crippen MR) is 85.0 cm³/mol. The van der Waals surface area contributed by atoms with Crippen LogP contribution in [0, 0.1) is 0 Å². The summed E-state index contributed by atoms with van der Waals surface area (Å²) in [5, 5.41) is 10.4. The van der Waals surface area contributed by atoms with E-state index in [1.807, 2.05) is 0 Å². The molecule has 0 aliphatic heterocycles. The monoisotopic (exact) mass is 275 g/mol. The second-order valence-electron chi connectivity index (χ2n) is 7.27. The largest absolute Gasteiger partial charge is 0.387 e. The Morgan fingerprint density at radius 3 is 2.20 bits per heavy atom. The third kappa shape index (κ3) is 3.83. The lowest BCUT2D eigenvalue weighted by Crippen LogP contribution is -2.33. The van der Waals surface area contributed by atoms with Crippen molar-refractivity contribution in [3.05, 3.63) is 35.4 Å². The lowest BCUT2D eigenvalue weighted by Gasteiger charge is -2.27. The first-order chi connectivity index (χ1) is 9.38. The third-order valence-corrected chi connectivity index (χ3v) is 4.57. The zero-order valence-electron chi connectivity index (χ0n) is 13.4. The highest BCUT2D eigenvalue weighted by atomic mass is 16.3. The van der Waals surface area contributed by atoms with Crippen LogP contribution in [0.3, 0.4) is 0 Å². The molecule has 1 aromatic rings. The quantitative estimate of drug-likeness (QED) is 0.901. The molecule has 1 atom stereocenters. The van der Waals surface area contributed by atoms with Gasteiger partial charge in [-0.15, -0.1) is 0 Å². The van der Waals surface area contributed by atoms with Gasteiger partial charge in [-0.2, -0.15) is 0 Å². The van der Waals surface area contributed by atoms with Gasteiger partial charge in [-0.05, 0) is 36.4 Å². The predicted octanol–water partition coefficient (Wildman–Crippen LogP) is 3.89. The number of rotatable bonds is 4. The van der Waals surface area contributed by atoms with Crippen molar-refractivity contribution in [2.75, 3.05) is 13.6 Å². The number of hydrogen-bond acceptors (Lipinski definition) is 2. The van der Waals surface area contributed by atoms with E-state index in [0.29, 0.717) is 6.04 Å². The summed E-state index contributed by atoms with van der Waals surface area (Å²) in [5.41, 5.74) is 2.52. The van der Waals surface area contributed by atoms with Crippen molar-refractivity contribution in [3.63, 3.8) is 0 Å². The standard InChI is InChI=1S/C18H29NO/c1-18(2,3)15-11-9-14(10-12-15)17(20)13-19(4)16-7-5-6-8-16/h9-12,16-17,20H,5-8,13H2,1-4H3. The van der Waals surface area contributed by atoms with E-state index in [4.69, 9.17) is 0 Å². The van der Waals surface area contributed by atoms with Crippen LogP contribution in [0.2, 0.25) is 0 Å². The highest BCUT2D eigenvalue weighted by molar-refractivity contribution is 5.28. The fraction of sp³-hybridized carbons (Fsp3) is 0.667. The SMILES string of the molecule is CN(CC(O)c1ccc(C(C)(C)C)cc1)C1CCCC1. The number of aliphatic hydroxyl groups is 1. The zero-order valence-corrected chi connectivity index (χ0v) is 13.4. The van der Waals surface area contributed by atoms with E-state index in [0.717, 1.165) is 12.1 Å². The van der Waals surface area contributed by atoms with Gasteiger partial charge in [-0.3, -0.25) is 0 Å². The van der Waals surface area contributed by atoms with Crippen LogP contribution < -0.4 is 0 Å². The first-order valence-corrected chi connectivity index (χ1v) is 7.86. The molecule has 0 amide bonds. The molecule has 1 N–H and O–H groups in total. The first kappa shape index (κ1) is 15.5. The summed E-state index contributed by atoms with van der Waals surface area (Å²) < 4.78 is 0. The maximum Gasteiger partial charge on any atom is 0.0916 e. The molecule has 0 radical (unpaired) electrons. The molecule has 20 heavy (non-hydrogen) atoms. The van der Waals surface area contributed by atoms with Crippen LogP contribution in [0.4, 0.5) is 0 Å². The van der Waals surface area contributed by atoms with E-state index in [-0.39, 0.29) is 11.5 Å². The van der Waals surface area contributed by atoms with Gasteiger partial charge in [0.1, 0.15) is 0 Å². The topological polar surface area (TPSA) is 23.5 Å². The Hall–Kier alpha value is -0.860. The van der Waals surface area contributed by atoms with Gasteiger partial charge in [-0.25, -0.2) is 0 Å². The van der Waals surface area contributed by atoms with Crippen LogP contribution in [0.25, 0.3) is 0 Å². The fourth-order valence-corrected chi connectivity index (χ4v) is 3.08. The van der Waals surface area contributed by atoms with Crippen molar-refractivity contribution >= 4 is 0 Å². The Labute approximate surface area is 123 Å². The summed E-state index contributed by atoms with van der Waals surface area (Å²) in [6.07, 6.45) is 4.87. The molecule has 0 bridgehead atoms. The van der Waals surface area contributed by atoms with Crippen LogP contribution in [0.15, 0.2) is 24.3 Å². The van der Waals surface area contributed by atoms with E-state index in [9.17, 15) is 5.11 Å². The van der Waals surface area contributed by atoms with Crippen molar-refractivity contribution in [2.24, 2.45) is 0 Å². The van der Waals surface area contributed by atoms with Gasteiger partial charge >= 0.3 is 0 Å². The third-order valence-electron chi connectivity index (χ3n) is 4.57. The second kappa shape index (κ2) is 6.28.